The maximum Gasteiger partial charge on any atom is 0.265 e. The fraction of sp³-hybridized carbons (Fsp3) is 0.429. The van der Waals surface area contributed by atoms with E-state index in [4.69, 9.17) is 5.84 Å². The van der Waals surface area contributed by atoms with Crippen LogP contribution in [0.2, 0.25) is 0 Å². The summed E-state index contributed by atoms with van der Waals surface area (Å²) in [5, 5.41) is 2.76. The van der Waals surface area contributed by atoms with E-state index in [1.54, 1.807) is 11.9 Å². The minimum atomic E-state index is -0.489. The molecule has 0 radical (unpaired) electrons. The average molecular weight is 296 g/mol. The lowest BCUT2D eigenvalue weighted by molar-refractivity contribution is -0.122. The van der Waals surface area contributed by atoms with Crippen molar-refractivity contribution >= 4 is 11.8 Å². The summed E-state index contributed by atoms with van der Waals surface area (Å²) >= 11 is 0. The summed E-state index contributed by atoms with van der Waals surface area (Å²) < 4.78 is 13.8. The topological polar surface area (TPSA) is 87.5 Å². The highest BCUT2D eigenvalue weighted by atomic mass is 19.1. The van der Waals surface area contributed by atoms with Gasteiger partial charge < -0.3 is 5.32 Å². The van der Waals surface area contributed by atoms with E-state index in [2.05, 4.69) is 5.32 Å². The molecule has 0 saturated heterocycles. The number of likely N-dealkylation sites (N-methyl/N-ethyl adjacent to an activating group) is 1. The summed E-state index contributed by atoms with van der Waals surface area (Å²) in [6.07, 6.45) is 0. The van der Waals surface area contributed by atoms with Crippen molar-refractivity contribution in [1.82, 2.24) is 15.6 Å². The van der Waals surface area contributed by atoms with Gasteiger partial charge in [0.1, 0.15) is 5.82 Å². The van der Waals surface area contributed by atoms with E-state index in [9.17, 15) is 14.0 Å². The zero-order chi connectivity index (χ0) is 16.0. The first kappa shape index (κ1) is 17.1. The van der Waals surface area contributed by atoms with E-state index >= 15 is 0 Å². The van der Waals surface area contributed by atoms with Crippen LogP contribution in [0, 0.1) is 5.82 Å². The van der Waals surface area contributed by atoms with Crippen molar-refractivity contribution in [3.05, 3.63) is 35.1 Å². The number of nitrogen functional groups attached to an aromatic ring is 1. The molecular weight excluding hydrogens is 275 g/mol. The van der Waals surface area contributed by atoms with Crippen molar-refractivity contribution in [3.63, 3.8) is 0 Å². The molecule has 116 valence electrons. The predicted molar refractivity (Wildman–Crippen MR) is 77.7 cm³/mol. The van der Waals surface area contributed by atoms with Crippen LogP contribution in [0.1, 0.15) is 29.8 Å². The standard InChI is InChI=1S/C14H21FN4O2/c1-9(2)17-13(20)8-19(3)7-11-6-10(14(21)18-16)4-5-12(11)15/h4-6,9H,7-8,16H2,1-3H3,(H,17,20)(H,18,21). The van der Waals surface area contributed by atoms with Crippen molar-refractivity contribution in [2.24, 2.45) is 5.84 Å². The van der Waals surface area contributed by atoms with Crippen LogP contribution in [0.3, 0.4) is 0 Å². The van der Waals surface area contributed by atoms with Crippen LogP contribution in [0.25, 0.3) is 0 Å². The Morgan fingerprint density at radius 3 is 2.62 bits per heavy atom. The third-order valence-electron chi connectivity index (χ3n) is 2.74. The quantitative estimate of drug-likeness (QED) is 0.402. The number of hydrazine groups is 1. The van der Waals surface area contributed by atoms with E-state index in [1.807, 2.05) is 19.3 Å². The Bertz CT molecular complexity index is 520. The normalized spacial score (nSPS) is 10.8. The lowest BCUT2D eigenvalue weighted by Gasteiger charge is -2.18. The molecule has 0 aromatic heterocycles. The third kappa shape index (κ3) is 5.49. The molecule has 0 saturated carbocycles. The number of carbonyl (C=O) groups is 2. The van der Waals surface area contributed by atoms with Crippen molar-refractivity contribution < 1.29 is 14.0 Å². The molecule has 0 bridgehead atoms. The Labute approximate surface area is 123 Å². The number of carbonyl (C=O) groups excluding carboxylic acids is 2. The van der Waals surface area contributed by atoms with Crippen LogP contribution >= 0.6 is 0 Å². The molecule has 0 aliphatic heterocycles. The number of nitrogens with zero attached hydrogens (tertiary/aromatic N) is 1. The molecule has 0 unspecified atom stereocenters. The lowest BCUT2D eigenvalue weighted by atomic mass is 10.1. The molecule has 2 amide bonds. The highest BCUT2D eigenvalue weighted by molar-refractivity contribution is 5.93. The first-order valence-corrected chi connectivity index (χ1v) is 6.60. The van der Waals surface area contributed by atoms with Crippen LogP contribution in [0.5, 0.6) is 0 Å². The molecular formula is C14H21FN4O2. The number of rotatable bonds is 6. The molecule has 0 aliphatic rings. The first-order valence-electron chi connectivity index (χ1n) is 6.60. The van der Waals surface area contributed by atoms with Gasteiger partial charge in [-0.2, -0.15) is 0 Å². The summed E-state index contributed by atoms with van der Waals surface area (Å²) in [5.41, 5.74) is 2.60. The Kier molecular flexibility index (Phi) is 6.26. The summed E-state index contributed by atoms with van der Waals surface area (Å²) in [4.78, 5) is 24.7. The molecule has 0 atom stereocenters. The van der Waals surface area contributed by atoms with Crippen molar-refractivity contribution in [2.45, 2.75) is 26.4 Å². The van der Waals surface area contributed by atoms with Gasteiger partial charge in [-0.05, 0) is 39.1 Å². The number of hydrogen-bond donors (Lipinski definition) is 3. The van der Waals surface area contributed by atoms with Gasteiger partial charge in [0.15, 0.2) is 0 Å². The number of amides is 2. The van der Waals surface area contributed by atoms with Crippen LogP contribution in [-0.2, 0) is 11.3 Å². The maximum atomic E-state index is 13.8. The Balaban J connectivity index is 2.73. The number of halogens is 1. The Hall–Kier alpha value is -1.99. The van der Waals surface area contributed by atoms with Gasteiger partial charge in [-0.1, -0.05) is 0 Å². The van der Waals surface area contributed by atoms with E-state index in [-0.39, 0.29) is 30.6 Å². The molecule has 0 heterocycles. The second kappa shape index (κ2) is 7.70. The zero-order valence-electron chi connectivity index (χ0n) is 12.4. The van der Waals surface area contributed by atoms with Gasteiger partial charge in [0.05, 0.1) is 6.54 Å². The van der Waals surface area contributed by atoms with Crippen LogP contribution in [-0.4, -0.2) is 36.3 Å². The van der Waals surface area contributed by atoms with Crippen LogP contribution < -0.4 is 16.6 Å². The van der Waals surface area contributed by atoms with Gasteiger partial charge in [-0.15, -0.1) is 0 Å². The Morgan fingerprint density at radius 2 is 2.05 bits per heavy atom. The van der Waals surface area contributed by atoms with E-state index < -0.39 is 11.7 Å². The molecule has 1 aromatic rings. The smallest absolute Gasteiger partial charge is 0.265 e. The summed E-state index contributed by atoms with van der Waals surface area (Å²) in [5.74, 6) is 3.99. The molecule has 21 heavy (non-hydrogen) atoms. The van der Waals surface area contributed by atoms with Gasteiger partial charge in [0.25, 0.3) is 5.91 Å². The fourth-order valence-corrected chi connectivity index (χ4v) is 1.88. The van der Waals surface area contributed by atoms with Crippen molar-refractivity contribution in [2.75, 3.05) is 13.6 Å². The minimum Gasteiger partial charge on any atom is -0.353 e. The zero-order valence-corrected chi connectivity index (χ0v) is 12.4. The summed E-state index contributed by atoms with van der Waals surface area (Å²) in [6, 6.07) is 4.04. The molecule has 6 nitrogen and oxygen atoms in total. The average Bonchev–Trinajstić information content (AvgIpc) is 2.39. The maximum absolute atomic E-state index is 13.8. The SMILES string of the molecule is CC(C)NC(=O)CN(C)Cc1cc(C(=O)NN)ccc1F. The number of nitrogens with two attached hydrogens (primary N) is 1. The number of nitrogens with one attached hydrogen (secondary N) is 2. The van der Waals surface area contributed by atoms with Gasteiger partial charge in [-0.3, -0.25) is 19.9 Å². The van der Waals surface area contributed by atoms with Gasteiger partial charge >= 0.3 is 0 Å². The molecule has 0 fully saturated rings. The largest absolute Gasteiger partial charge is 0.353 e. The van der Waals surface area contributed by atoms with E-state index in [0.717, 1.165) is 0 Å². The second-order valence-electron chi connectivity index (χ2n) is 5.17. The van der Waals surface area contributed by atoms with E-state index in [0.29, 0.717) is 5.56 Å². The third-order valence-corrected chi connectivity index (χ3v) is 2.74. The van der Waals surface area contributed by atoms with Gasteiger partial charge in [-0.25, -0.2) is 10.2 Å². The van der Waals surface area contributed by atoms with Crippen LogP contribution in [0.4, 0.5) is 4.39 Å². The Morgan fingerprint density at radius 1 is 1.38 bits per heavy atom. The monoisotopic (exact) mass is 296 g/mol. The first-order chi connectivity index (χ1) is 9.83. The molecule has 0 aliphatic carbocycles. The van der Waals surface area contributed by atoms with Crippen LogP contribution in [0.15, 0.2) is 18.2 Å². The van der Waals surface area contributed by atoms with E-state index in [1.165, 1.54) is 18.2 Å². The van der Waals surface area contributed by atoms with Gasteiger partial charge in [0.2, 0.25) is 5.91 Å². The molecule has 1 rings (SSSR count). The number of benzene rings is 1. The summed E-state index contributed by atoms with van der Waals surface area (Å²) in [7, 11) is 1.70. The minimum absolute atomic E-state index is 0.0548. The number of hydrogen-bond acceptors (Lipinski definition) is 4. The molecule has 0 spiro atoms. The highest BCUT2D eigenvalue weighted by Gasteiger charge is 2.13. The molecule has 4 N–H and O–H groups in total. The summed E-state index contributed by atoms with van der Waals surface area (Å²) in [6.45, 7) is 4.09. The second-order valence-corrected chi connectivity index (χ2v) is 5.17. The van der Waals surface area contributed by atoms with Gasteiger partial charge in [0, 0.05) is 23.7 Å². The molecule has 1 aromatic carbocycles. The highest BCUT2D eigenvalue weighted by Crippen LogP contribution is 2.12. The lowest BCUT2D eigenvalue weighted by Crippen LogP contribution is -2.38. The molecule has 7 heteroatoms. The fourth-order valence-electron chi connectivity index (χ4n) is 1.88. The predicted octanol–water partition coefficient (Wildman–Crippen LogP) is 0.386. The van der Waals surface area contributed by atoms with Crippen molar-refractivity contribution in [1.29, 1.82) is 0 Å². The van der Waals surface area contributed by atoms with Crippen molar-refractivity contribution in [3.8, 4) is 0 Å².